The highest BCUT2D eigenvalue weighted by Crippen LogP contribution is 2.28. The van der Waals surface area contributed by atoms with Gasteiger partial charge in [0.2, 0.25) is 0 Å². The summed E-state index contributed by atoms with van der Waals surface area (Å²) in [6, 6.07) is 1.74. The molecular formula is C17H33N3. The van der Waals surface area contributed by atoms with Crippen LogP contribution in [0, 0.1) is 5.92 Å². The molecule has 0 aliphatic carbocycles. The van der Waals surface area contributed by atoms with Crippen LogP contribution in [0.3, 0.4) is 0 Å². The molecule has 1 N–H and O–H groups in total. The fourth-order valence-electron chi connectivity index (χ4n) is 4.63. The van der Waals surface area contributed by atoms with Crippen LogP contribution >= 0.6 is 0 Å². The third-order valence-corrected chi connectivity index (χ3v) is 5.86. The maximum Gasteiger partial charge on any atom is 0.0120 e. The molecule has 20 heavy (non-hydrogen) atoms. The van der Waals surface area contributed by atoms with E-state index in [4.69, 9.17) is 0 Å². The summed E-state index contributed by atoms with van der Waals surface area (Å²) in [6.07, 6.45) is 9.84. The van der Waals surface area contributed by atoms with Crippen molar-refractivity contribution in [2.45, 2.75) is 64.0 Å². The van der Waals surface area contributed by atoms with Crippen molar-refractivity contribution in [3.05, 3.63) is 0 Å². The third kappa shape index (κ3) is 3.55. The predicted molar refractivity (Wildman–Crippen MR) is 85.1 cm³/mol. The van der Waals surface area contributed by atoms with Crippen LogP contribution in [0.15, 0.2) is 0 Å². The summed E-state index contributed by atoms with van der Waals surface area (Å²) < 4.78 is 0. The lowest BCUT2D eigenvalue weighted by molar-refractivity contribution is 0.0716. The summed E-state index contributed by atoms with van der Waals surface area (Å²) in [6.45, 7) is 10.3. The van der Waals surface area contributed by atoms with Crippen molar-refractivity contribution in [3.63, 3.8) is 0 Å². The number of hydrogen-bond donors (Lipinski definition) is 1. The van der Waals surface area contributed by atoms with Crippen LogP contribution in [0.2, 0.25) is 0 Å². The van der Waals surface area contributed by atoms with Gasteiger partial charge in [-0.3, -0.25) is 0 Å². The van der Waals surface area contributed by atoms with Crippen LogP contribution < -0.4 is 5.32 Å². The number of piperidine rings is 2. The summed E-state index contributed by atoms with van der Waals surface area (Å²) in [5.74, 6) is 0.967. The normalized spacial score (nSPS) is 31.9. The second-order valence-corrected chi connectivity index (χ2v) is 7.15. The van der Waals surface area contributed by atoms with Crippen molar-refractivity contribution in [1.82, 2.24) is 15.1 Å². The van der Waals surface area contributed by atoms with Crippen LogP contribution in [0.1, 0.15) is 51.9 Å². The summed E-state index contributed by atoms with van der Waals surface area (Å²) >= 11 is 0. The first-order chi connectivity index (χ1) is 9.86. The molecule has 3 fully saturated rings. The van der Waals surface area contributed by atoms with E-state index in [-0.39, 0.29) is 0 Å². The molecule has 3 aliphatic heterocycles. The Hall–Kier alpha value is -0.120. The monoisotopic (exact) mass is 279 g/mol. The number of nitrogens with one attached hydrogen (secondary N) is 1. The molecule has 0 aromatic carbocycles. The van der Waals surface area contributed by atoms with Crippen molar-refractivity contribution in [1.29, 1.82) is 0 Å². The zero-order valence-corrected chi connectivity index (χ0v) is 13.3. The Morgan fingerprint density at radius 2 is 1.70 bits per heavy atom. The Labute approximate surface area is 125 Å². The lowest BCUT2D eigenvalue weighted by Gasteiger charge is -2.42. The first kappa shape index (κ1) is 14.8. The Kier molecular flexibility index (Phi) is 5.36. The summed E-state index contributed by atoms with van der Waals surface area (Å²) in [5, 5.41) is 3.72. The van der Waals surface area contributed by atoms with E-state index in [1.54, 1.807) is 0 Å². The minimum Gasteiger partial charge on any atom is -0.314 e. The van der Waals surface area contributed by atoms with Gasteiger partial charge < -0.3 is 15.1 Å². The van der Waals surface area contributed by atoms with Crippen LogP contribution in [0.4, 0.5) is 0 Å². The highest BCUT2D eigenvalue weighted by atomic mass is 15.2. The van der Waals surface area contributed by atoms with Gasteiger partial charge in [-0.15, -0.1) is 0 Å². The van der Waals surface area contributed by atoms with E-state index in [1.807, 2.05) is 0 Å². The number of nitrogens with zero attached hydrogens (tertiary/aromatic N) is 2. The molecule has 0 amide bonds. The molecule has 116 valence electrons. The largest absolute Gasteiger partial charge is 0.314 e. The number of likely N-dealkylation sites (tertiary alicyclic amines) is 2. The van der Waals surface area contributed by atoms with Gasteiger partial charge in [0.05, 0.1) is 0 Å². The molecule has 0 radical (unpaired) electrons. The molecule has 0 spiro atoms. The first-order valence-corrected chi connectivity index (χ1v) is 9.06. The average Bonchev–Trinajstić information content (AvgIpc) is 3.03. The summed E-state index contributed by atoms with van der Waals surface area (Å²) in [4.78, 5) is 5.47. The van der Waals surface area contributed by atoms with Crippen molar-refractivity contribution >= 4 is 0 Å². The molecule has 0 aromatic heterocycles. The smallest absolute Gasteiger partial charge is 0.0120 e. The van der Waals surface area contributed by atoms with Crippen LogP contribution in [-0.2, 0) is 0 Å². The molecule has 0 saturated carbocycles. The van der Waals surface area contributed by atoms with Gasteiger partial charge in [-0.25, -0.2) is 0 Å². The highest BCUT2D eigenvalue weighted by Gasteiger charge is 2.31. The zero-order valence-electron chi connectivity index (χ0n) is 13.3. The van der Waals surface area contributed by atoms with Gasteiger partial charge in [-0.05, 0) is 90.1 Å². The fraction of sp³-hybridized carbons (Fsp3) is 1.00. The maximum atomic E-state index is 3.72. The second kappa shape index (κ2) is 7.24. The quantitative estimate of drug-likeness (QED) is 0.852. The Bertz CT molecular complexity index is 272. The summed E-state index contributed by atoms with van der Waals surface area (Å²) in [5.41, 5.74) is 0. The van der Waals surface area contributed by atoms with Crippen molar-refractivity contribution in [2.24, 2.45) is 5.92 Å². The van der Waals surface area contributed by atoms with Gasteiger partial charge in [0.25, 0.3) is 0 Å². The van der Waals surface area contributed by atoms with Gasteiger partial charge in [0.1, 0.15) is 0 Å². The molecular weight excluding hydrogens is 246 g/mol. The fourth-order valence-corrected chi connectivity index (χ4v) is 4.63. The standard InChI is InChI=1S/C17H33N3/c1-2-10-19-11-7-16(8-12-19)20-13-5-15(6-14-20)17-4-3-9-18-17/h15-18H,2-14H2,1H3. The van der Waals surface area contributed by atoms with Crippen molar-refractivity contribution < 1.29 is 0 Å². The van der Waals surface area contributed by atoms with Crippen molar-refractivity contribution in [2.75, 3.05) is 39.3 Å². The number of rotatable bonds is 4. The van der Waals surface area contributed by atoms with E-state index < -0.39 is 0 Å². The Morgan fingerprint density at radius 3 is 2.30 bits per heavy atom. The minimum absolute atomic E-state index is 0.851. The molecule has 3 saturated heterocycles. The molecule has 1 atom stereocenters. The van der Waals surface area contributed by atoms with Gasteiger partial charge >= 0.3 is 0 Å². The van der Waals surface area contributed by atoms with Crippen LogP contribution in [0.5, 0.6) is 0 Å². The highest BCUT2D eigenvalue weighted by molar-refractivity contribution is 4.88. The van der Waals surface area contributed by atoms with Crippen molar-refractivity contribution in [3.8, 4) is 0 Å². The molecule has 1 unspecified atom stereocenters. The molecule has 3 rings (SSSR count). The van der Waals surface area contributed by atoms with Gasteiger partial charge in [0.15, 0.2) is 0 Å². The van der Waals surface area contributed by atoms with Crippen LogP contribution in [0.25, 0.3) is 0 Å². The van der Waals surface area contributed by atoms with Gasteiger partial charge in [0, 0.05) is 12.1 Å². The first-order valence-electron chi connectivity index (χ1n) is 9.06. The molecule has 0 aromatic rings. The topological polar surface area (TPSA) is 18.5 Å². The van der Waals surface area contributed by atoms with E-state index in [1.165, 1.54) is 84.2 Å². The van der Waals surface area contributed by atoms with Gasteiger partial charge in [-0.2, -0.15) is 0 Å². The molecule has 3 aliphatic rings. The zero-order chi connectivity index (χ0) is 13.8. The average molecular weight is 279 g/mol. The van der Waals surface area contributed by atoms with E-state index in [2.05, 4.69) is 22.0 Å². The van der Waals surface area contributed by atoms with E-state index in [0.29, 0.717) is 0 Å². The Balaban J connectivity index is 1.40. The molecule has 0 bridgehead atoms. The molecule has 3 nitrogen and oxygen atoms in total. The van der Waals surface area contributed by atoms with E-state index in [9.17, 15) is 0 Å². The number of hydrogen-bond acceptors (Lipinski definition) is 3. The third-order valence-electron chi connectivity index (χ3n) is 5.86. The van der Waals surface area contributed by atoms with E-state index in [0.717, 1.165) is 18.0 Å². The molecule has 3 heteroatoms. The van der Waals surface area contributed by atoms with Gasteiger partial charge in [-0.1, -0.05) is 6.92 Å². The Morgan fingerprint density at radius 1 is 0.950 bits per heavy atom. The lowest BCUT2D eigenvalue weighted by Crippen LogP contribution is -2.49. The SMILES string of the molecule is CCCN1CCC(N2CCC(C3CCCN3)CC2)CC1. The van der Waals surface area contributed by atoms with E-state index >= 15 is 0 Å². The summed E-state index contributed by atoms with van der Waals surface area (Å²) in [7, 11) is 0. The maximum absolute atomic E-state index is 3.72. The minimum atomic E-state index is 0.851. The molecule has 3 heterocycles. The predicted octanol–water partition coefficient (Wildman–Crippen LogP) is 2.32. The lowest BCUT2D eigenvalue weighted by atomic mass is 9.87. The van der Waals surface area contributed by atoms with Crippen LogP contribution in [-0.4, -0.2) is 61.2 Å². The second-order valence-electron chi connectivity index (χ2n) is 7.15.